The summed E-state index contributed by atoms with van der Waals surface area (Å²) in [6, 6.07) is -0.363. The van der Waals surface area contributed by atoms with Crippen LogP contribution in [-0.2, 0) is 4.79 Å². The Bertz CT molecular complexity index is 162. The molecule has 0 radical (unpaired) electrons. The van der Waals surface area contributed by atoms with Gasteiger partial charge in [0.05, 0.1) is 6.04 Å². The van der Waals surface area contributed by atoms with Crippen LogP contribution in [0.15, 0.2) is 0 Å². The predicted molar refractivity (Wildman–Crippen MR) is 63.4 cm³/mol. The van der Waals surface area contributed by atoms with E-state index in [4.69, 9.17) is 11.5 Å². The Kier molecular flexibility index (Phi) is 9.52. The lowest BCUT2D eigenvalue weighted by molar-refractivity contribution is -0.122. The molecular formula is C11H25N3O. The van der Waals surface area contributed by atoms with Crippen LogP contribution in [0.1, 0.15) is 45.4 Å². The van der Waals surface area contributed by atoms with E-state index < -0.39 is 0 Å². The van der Waals surface area contributed by atoms with Crippen LogP contribution in [-0.4, -0.2) is 25.0 Å². The van der Waals surface area contributed by atoms with Gasteiger partial charge in [0.15, 0.2) is 0 Å². The predicted octanol–water partition coefficient (Wildman–Crippen LogP) is 0.749. The van der Waals surface area contributed by atoms with E-state index in [0.29, 0.717) is 6.54 Å². The van der Waals surface area contributed by atoms with Crippen LogP contribution < -0.4 is 16.8 Å². The molecular weight excluding hydrogens is 190 g/mol. The summed E-state index contributed by atoms with van der Waals surface area (Å²) >= 11 is 0. The summed E-state index contributed by atoms with van der Waals surface area (Å²) in [5.74, 6) is -0.0249. The van der Waals surface area contributed by atoms with E-state index in [1.54, 1.807) is 0 Å². The first-order chi connectivity index (χ1) is 7.22. The normalized spacial score (nSPS) is 12.5. The Balaban J connectivity index is 3.42. The molecule has 0 rings (SSSR count). The minimum Gasteiger partial charge on any atom is -0.355 e. The molecule has 0 aromatic heterocycles. The van der Waals surface area contributed by atoms with Crippen molar-refractivity contribution < 1.29 is 4.79 Å². The number of unbranched alkanes of at least 4 members (excludes halogenated alkanes) is 3. The molecule has 0 aromatic rings. The van der Waals surface area contributed by atoms with Gasteiger partial charge in [0.25, 0.3) is 0 Å². The van der Waals surface area contributed by atoms with Gasteiger partial charge in [-0.15, -0.1) is 0 Å². The summed E-state index contributed by atoms with van der Waals surface area (Å²) in [5, 5.41) is 2.85. The quantitative estimate of drug-likeness (QED) is 0.496. The van der Waals surface area contributed by atoms with Gasteiger partial charge in [0.2, 0.25) is 5.91 Å². The van der Waals surface area contributed by atoms with E-state index >= 15 is 0 Å². The summed E-state index contributed by atoms with van der Waals surface area (Å²) in [6.45, 7) is 3.56. The van der Waals surface area contributed by atoms with E-state index in [1.165, 1.54) is 6.42 Å². The smallest absolute Gasteiger partial charge is 0.236 e. The first-order valence-electron chi connectivity index (χ1n) is 5.95. The molecule has 0 fully saturated rings. The zero-order chi connectivity index (χ0) is 11.5. The van der Waals surface area contributed by atoms with Crippen molar-refractivity contribution in [2.24, 2.45) is 11.5 Å². The third kappa shape index (κ3) is 8.39. The molecule has 0 bridgehead atoms. The van der Waals surface area contributed by atoms with Gasteiger partial charge in [-0.2, -0.15) is 0 Å². The van der Waals surface area contributed by atoms with Gasteiger partial charge in [-0.05, 0) is 25.8 Å². The lowest BCUT2D eigenvalue weighted by atomic mass is 10.1. The second-order valence-corrected chi connectivity index (χ2v) is 3.89. The SMILES string of the molecule is CCCCCNC(=O)[C@H](N)CCCCN. The molecule has 15 heavy (non-hydrogen) atoms. The molecule has 1 amide bonds. The monoisotopic (exact) mass is 215 g/mol. The van der Waals surface area contributed by atoms with Crippen LogP contribution in [0, 0.1) is 0 Å². The van der Waals surface area contributed by atoms with Crippen molar-refractivity contribution >= 4 is 5.91 Å². The molecule has 0 saturated heterocycles. The van der Waals surface area contributed by atoms with E-state index in [9.17, 15) is 4.79 Å². The van der Waals surface area contributed by atoms with E-state index in [-0.39, 0.29) is 11.9 Å². The molecule has 0 aliphatic rings. The standard InChI is InChI=1S/C11H25N3O/c1-2-3-6-9-14-11(15)10(13)7-4-5-8-12/h10H,2-9,12-13H2,1H3,(H,14,15)/t10-/m1/s1. The van der Waals surface area contributed by atoms with Crippen molar-refractivity contribution in [3.05, 3.63) is 0 Å². The van der Waals surface area contributed by atoms with E-state index in [0.717, 1.165) is 38.6 Å². The average Bonchev–Trinajstić information content (AvgIpc) is 2.24. The second kappa shape index (κ2) is 9.93. The van der Waals surface area contributed by atoms with Gasteiger partial charge in [-0.1, -0.05) is 26.2 Å². The van der Waals surface area contributed by atoms with Crippen molar-refractivity contribution in [1.82, 2.24) is 5.32 Å². The Morgan fingerprint density at radius 2 is 2.00 bits per heavy atom. The Morgan fingerprint density at radius 1 is 1.27 bits per heavy atom. The summed E-state index contributed by atoms with van der Waals surface area (Å²) in [6.07, 6.45) is 5.96. The van der Waals surface area contributed by atoms with Gasteiger partial charge < -0.3 is 16.8 Å². The Labute approximate surface area is 92.8 Å². The number of amides is 1. The molecule has 4 nitrogen and oxygen atoms in total. The molecule has 0 aliphatic carbocycles. The molecule has 0 saturated carbocycles. The number of rotatable bonds is 9. The van der Waals surface area contributed by atoms with Gasteiger partial charge in [-0.3, -0.25) is 4.79 Å². The molecule has 4 heteroatoms. The maximum atomic E-state index is 11.4. The summed E-state index contributed by atoms with van der Waals surface area (Å²) in [5.41, 5.74) is 11.1. The fraction of sp³-hybridized carbons (Fsp3) is 0.909. The van der Waals surface area contributed by atoms with Crippen LogP contribution in [0.4, 0.5) is 0 Å². The van der Waals surface area contributed by atoms with Crippen molar-refractivity contribution in [2.45, 2.75) is 51.5 Å². The zero-order valence-electron chi connectivity index (χ0n) is 9.80. The maximum Gasteiger partial charge on any atom is 0.236 e. The number of carbonyl (C=O) groups is 1. The van der Waals surface area contributed by atoms with Crippen molar-refractivity contribution in [1.29, 1.82) is 0 Å². The minimum atomic E-state index is -0.363. The summed E-state index contributed by atoms with van der Waals surface area (Å²) in [4.78, 5) is 11.4. The molecule has 0 unspecified atom stereocenters. The molecule has 0 aliphatic heterocycles. The highest BCUT2D eigenvalue weighted by molar-refractivity contribution is 5.81. The Morgan fingerprint density at radius 3 is 2.60 bits per heavy atom. The van der Waals surface area contributed by atoms with Crippen LogP contribution in [0.5, 0.6) is 0 Å². The van der Waals surface area contributed by atoms with E-state index in [2.05, 4.69) is 12.2 Å². The topological polar surface area (TPSA) is 81.1 Å². The van der Waals surface area contributed by atoms with Gasteiger partial charge in [0.1, 0.15) is 0 Å². The molecule has 0 aromatic carbocycles. The fourth-order valence-corrected chi connectivity index (χ4v) is 1.36. The van der Waals surface area contributed by atoms with Crippen LogP contribution in [0.25, 0.3) is 0 Å². The fourth-order valence-electron chi connectivity index (χ4n) is 1.36. The maximum absolute atomic E-state index is 11.4. The van der Waals surface area contributed by atoms with Crippen LogP contribution in [0.3, 0.4) is 0 Å². The van der Waals surface area contributed by atoms with Gasteiger partial charge in [-0.25, -0.2) is 0 Å². The number of hydrogen-bond donors (Lipinski definition) is 3. The molecule has 5 N–H and O–H groups in total. The lowest BCUT2D eigenvalue weighted by Gasteiger charge is -2.11. The molecule has 1 atom stereocenters. The van der Waals surface area contributed by atoms with Gasteiger partial charge >= 0.3 is 0 Å². The molecule has 0 heterocycles. The highest BCUT2D eigenvalue weighted by atomic mass is 16.2. The Hall–Kier alpha value is -0.610. The van der Waals surface area contributed by atoms with E-state index in [1.807, 2.05) is 0 Å². The third-order valence-electron chi connectivity index (χ3n) is 2.39. The number of hydrogen-bond acceptors (Lipinski definition) is 3. The lowest BCUT2D eigenvalue weighted by Crippen LogP contribution is -2.40. The second-order valence-electron chi connectivity index (χ2n) is 3.89. The van der Waals surface area contributed by atoms with Crippen LogP contribution >= 0.6 is 0 Å². The first-order valence-corrected chi connectivity index (χ1v) is 5.95. The van der Waals surface area contributed by atoms with Crippen molar-refractivity contribution in [2.75, 3.05) is 13.1 Å². The highest BCUT2D eigenvalue weighted by Gasteiger charge is 2.11. The average molecular weight is 215 g/mol. The summed E-state index contributed by atoms with van der Waals surface area (Å²) in [7, 11) is 0. The van der Waals surface area contributed by atoms with Crippen molar-refractivity contribution in [3.63, 3.8) is 0 Å². The number of nitrogens with one attached hydrogen (secondary N) is 1. The number of carbonyl (C=O) groups excluding carboxylic acids is 1. The first kappa shape index (κ1) is 14.4. The number of nitrogens with two attached hydrogens (primary N) is 2. The minimum absolute atomic E-state index is 0.0249. The van der Waals surface area contributed by atoms with Gasteiger partial charge in [0, 0.05) is 6.54 Å². The molecule has 90 valence electrons. The van der Waals surface area contributed by atoms with Crippen LogP contribution in [0.2, 0.25) is 0 Å². The zero-order valence-corrected chi connectivity index (χ0v) is 9.80. The third-order valence-corrected chi connectivity index (χ3v) is 2.39. The largest absolute Gasteiger partial charge is 0.355 e. The summed E-state index contributed by atoms with van der Waals surface area (Å²) < 4.78 is 0. The van der Waals surface area contributed by atoms with Crippen molar-refractivity contribution in [3.8, 4) is 0 Å². The molecule has 0 spiro atoms. The highest BCUT2D eigenvalue weighted by Crippen LogP contribution is 1.98.